The monoisotopic (exact) mass is 441 g/mol. The Kier molecular flexibility index (Phi) is 6.25. The van der Waals surface area contributed by atoms with Crippen LogP contribution in [0.2, 0.25) is 0 Å². The van der Waals surface area contributed by atoms with Crippen LogP contribution in [0.3, 0.4) is 0 Å². The number of anilines is 2. The third kappa shape index (κ3) is 4.11. The average Bonchev–Trinajstić information content (AvgIpc) is 3.33. The summed E-state index contributed by atoms with van der Waals surface area (Å²) in [5.74, 6) is -2.72. The van der Waals surface area contributed by atoms with Crippen LogP contribution in [-0.2, 0) is 28.7 Å². The van der Waals surface area contributed by atoms with Gasteiger partial charge in [-0.05, 0) is 38.3 Å². The number of rotatable bonds is 6. The number of ether oxygens (including phenoxy) is 1. The second-order valence-corrected chi connectivity index (χ2v) is 8.54. The first kappa shape index (κ1) is 22.0. The summed E-state index contributed by atoms with van der Waals surface area (Å²) in [6, 6.07) is 5.85. The van der Waals surface area contributed by atoms with Gasteiger partial charge in [0.05, 0.1) is 23.2 Å². The average molecular weight is 441 g/mol. The lowest BCUT2D eigenvalue weighted by Gasteiger charge is -2.22. The van der Waals surface area contributed by atoms with Gasteiger partial charge in [-0.25, -0.2) is 4.79 Å². The summed E-state index contributed by atoms with van der Waals surface area (Å²) in [6.45, 7) is 1.47. The predicted molar refractivity (Wildman–Crippen MR) is 114 cm³/mol. The number of carbonyl (C=O) groups is 5. The van der Waals surface area contributed by atoms with Gasteiger partial charge in [0, 0.05) is 13.0 Å². The molecule has 9 nitrogen and oxygen atoms in total. The van der Waals surface area contributed by atoms with Crippen molar-refractivity contribution < 1.29 is 28.7 Å². The second-order valence-electron chi connectivity index (χ2n) is 8.54. The summed E-state index contributed by atoms with van der Waals surface area (Å²) in [5.41, 5.74) is 1.05. The molecule has 0 spiro atoms. The molecule has 170 valence electrons. The topological polar surface area (TPSA) is 113 Å². The highest BCUT2D eigenvalue weighted by atomic mass is 16.5. The van der Waals surface area contributed by atoms with Gasteiger partial charge in [-0.1, -0.05) is 25.0 Å². The summed E-state index contributed by atoms with van der Waals surface area (Å²) in [6.07, 6.45) is 4.35. The molecule has 4 amide bonds. The molecule has 1 aliphatic carbocycles. The van der Waals surface area contributed by atoms with Crippen molar-refractivity contribution in [3.05, 3.63) is 24.3 Å². The first-order valence-electron chi connectivity index (χ1n) is 11.1. The Morgan fingerprint density at radius 1 is 1.06 bits per heavy atom. The zero-order valence-corrected chi connectivity index (χ0v) is 18.0. The third-order valence-corrected chi connectivity index (χ3v) is 6.49. The molecule has 9 heteroatoms. The molecule has 1 N–H and O–H groups in total. The Morgan fingerprint density at radius 2 is 1.72 bits per heavy atom. The number of amides is 4. The Labute approximate surface area is 186 Å². The molecule has 0 bridgehead atoms. The van der Waals surface area contributed by atoms with Crippen molar-refractivity contribution in [3.8, 4) is 0 Å². The molecular weight excluding hydrogens is 414 g/mol. The van der Waals surface area contributed by atoms with E-state index < -0.39 is 24.5 Å². The molecular formula is C23H27N3O6. The molecule has 1 saturated carbocycles. The highest BCUT2D eigenvalue weighted by Gasteiger charge is 2.51. The van der Waals surface area contributed by atoms with Crippen LogP contribution in [0, 0.1) is 11.8 Å². The van der Waals surface area contributed by atoms with Crippen LogP contribution in [0.25, 0.3) is 0 Å². The van der Waals surface area contributed by atoms with Gasteiger partial charge < -0.3 is 15.0 Å². The number of hydrogen-bond donors (Lipinski definition) is 1. The first-order chi connectivity index (χ1) is 15.4. The number of nitrogens with one attached hydrogen (secondary N) is 1. The molecule has 1 aromatic carbocycles. The van der Waals surface area contributed by atoms with Crippen molar-refractivity contribution in [1.29, 1.82) is 0 Å². The number of carbonyl (C=O) groups excluding carboxylic acids is 5. The largest absolute Gasteiger partial charge is 0.454 e. The minimum Gasteiger partial charge on any atom is -0.454 e. The van der Waals surface area contributed by atoms with Crippen molar-refractivity contribution in [3.63, 3.8) is 0 Å². The van der Waals surface area contributed by atoms with Gasteiger partial charge in [0.25, 0.3) is 5.91 Å². The normalized spacial score (nSPS) is 23.8. The fourth-order valence-corrected chi connectivity index (χ4v) is 4.84. The molecule has 3 atom stereocenters. The van der Waals surface area contributed by atoms with E-state index in [2.05, 4.69) is 5.32 Å². The fourth-order valence-electron chi connectivity index (χ4n) is 4.84. The van der Waals surface area contributed by atoms with E-state index in [1.807, 2.05) is 0 Å². The van der Waals surface area contributed by atoms with E-state index in [4.69, 9.17) is 4.74 Å². The van der Waals surface area contributed by atoms with Crippen LogP contribution >= 0.6 is 0 Å². The quantitative estimate of drug-likeness (QED) is 0.533. The number of benzene rings is 1. The lowest BCUT2D eigenvalue weighted by molar-refractivity contribution is -0.159. The van der Waals surface area contributed by atoms with Gasteiger partial charge in [-0.15, -0.1) is 0 Å². The van der Waals surface area contributed by atoms with Gasteiger partial charge in [-0.2, -0.15) is 0 Å². The van der Waals surface area contributed by atoms with E-state index in [1.165, 1.54) is 6.92 Å². The van der Waals surface area contributed by atoms with Gasteiger partial charge in [0.2, 0.25) is 17.7 Å². The van der Waals surface area contributed by atoms with Crippen LogP contribution in [0.15, 0.2) is 24.3 Å². The summed E-state index contributed by atoms with van der Waals surface area (Å²) in [5, 5.41) is 2.67. The number of imide groups is 1. The zero-order valence-electron chi connectivity index (χ0n) is 18.0. The Bertz CT molecular complexity index is 937. The van der Waals surface area contributed by atoms with Crippen LogP contribution < -0.4 is 10.2 Å². The van der Waals surface area contributed by atoms with E-state index >= 15 is 0 Å². The molecule has 2 heterocycles. The minimum absolute atomic E-state index is 0.00698. The molecule has 32 heavy (non-hydrogen) atoms. The van der Waals surface area contributed by atoms with E-state index in [0.717, 1.165) is 24.2 Å². The number of para-hydroxylation sites is 2. The maximum Gasteiger partial charge on any atom is 0.329 e. The molecule has 3 aliphatic rings. The Hall–Kier alpha value is -3.23. The van der Waals surface area contributed by atoms with Gasteiger partial charge in [-0.3, -0.25) is 24.1 Å². The standard InChI is InChI=1S/C23H27N3O6/c1-14(26-21(29)15-7-2-3-8-16(15)22(26)30)23(31)32-13-19(27)24-17-9-4-5-10-18(17)25-12-6-11-20(25)28/h4-5,9-10,14-16H,2-3,6-8,11-13H2,1H3,(H,24,27)/t14-,15?,16?/m0/s1. The van der Waals surface area contributed by atoms with Crippen molar-refractivity contribution >= 4 is 41.0 Å². The van der Waals surface area contributed by atoms with Crippen molar-refractivity contribution in [1.82, 2.24) is 4.90 Å². The molecule has 2 saturated heterocycles. The van der Waals surface area contributed by atoms with Gasteiger partial charge in [0.15, 0.2) is 6.61 Å². The summed E-state index contributed by atoms with van der Waals surface area (Å²) < 4.78 is 5.11. The van der Waals surface area contributed by atoms with Crippen LogP contribution in [-0.4, -0.2) is 53.7 Å². The number of likely N-dealkylation sites (tertiary alicyclic amines) is 1. The van der Waals surface area contributed by atoms with E-state index in [9.17, 15) is 24.0 Å². The smallest absolute Gasteiger partial charge is 0.329 e. The third-order valence-electron chi connectivity index (χ3n) is 6.49. The predicted octanol–water partition coefficient (Wildman–Crippen LogP) is 1.86. The Balaban J connectivity index is 1.35. The van der Waals surface area contributed by atoms with Crippen molar-refractivity contribution in [2.24, 2.45) is 11.8 Å². The first-order valence-corrected chi connectivity index (χ1v) is 11.1. The second kappa shape index (κ2) is 9.10. The van der Waals surface area contributed by atoms with E-state index in [0.29, 0.717) is 37.2 Å². The number of nitrogens with zero attached hydrogens (tertiary/aromatic N) is 2. The number of esters is 1. The number of fused-ring (bicyclic) bond motifs is 1. The molecule has 1 aromatic rings. The summed E-state index contributed by atoms with van der Waals surface area (Å²) >= 11 is 0. The maximum atomic E-state index is 12.7. The van der Waals surface area contributed by atoms with Gasteiger partial charge in [0.1, 0.15) is 6.04 Å². The summed E-state index contributed by atoms with van der Waals surface area (Å²) in [4.78, 5) is 64.9. The van der Waals surface area contributed by atoms with E-state index in [1.54, 1.807) is 29.2 Å². The minimum atomic E-state index is -1.08. The van der Waals surface area contributed by atoms with Crippen LogP contribution in [0.1, 0.15) is 45.4 Å². The lowest BCUT2D eigenvalue weighted by Crippen LogP contribution is -2.45. The fraction of sp³-hybridized carbons (Fsp3) is 0.522. The van der Waals surface area contributed by atoms with Crippen molar-refractivity contribution in [2.45, 2.75) is 51.5 Å². The highest BCUT2D eigenvalue weighted by Crippen LogP contribution is 2.39. The van der Waals surface area contributed by atoms with Gasteiger partial charge >= 0.3 is 5.97 Å². The molecule has 2 aliphatic heterocycles. The number of hydrogen-bond acceptors (Lipinski definition) is 6. The van der Waals surface area contributed by atoms with Crippen LogP contribution in [0.5, 0.6) is 0 Å². The van der Waals surface area contributed by atoms with Crippen molar-refractivity contribution in [2.75, 3.05) is 23.4 Å². The Morgan fingerprint density at radius 3 is 2.34 bits per heavy atom. The zero-order chi connectivity index (χ0) is 22.8. The molecule has 3 fully saturated rings. The summed E-state index contributed by atoms with van der Waals surface area (Å²) in [7, 11) is 0. The van der Waals surface area contributed by atoms with Crippen LogP contribution in [0.4, 0.5) is 11.4 Å². The molecule has 0 radical (unpaired) electrons. The molecule has 0 aromatic heterocycles. The maximum absolute atomic E-state index is 12.7. The molecule has 2 unspecified atom stereocenters. The lowest BCUT2D eigenvalue weighted by atomic mass is 9.81. The SMILES string of the molecule is C[C@@H](C(=O)OCC(=O)Nc1ccccc1N1CCCC1=O)N1C(=O)C2CCCCC2C1=O. The highest BCUT2D eigenvalue weighted by molar-refractivity contribution is 6.08. The molecule has 4 rings (SSSR count). The van der Waals surface area contributed by atoms with E-state index in [-0.39, 0.29) is 29.6 Å².